The van der Waals surface area contributed by atoms with Crippen molar-refractivity contribution in [3.05, 3.63) is 23.8 Å². The van der Waals surface area contributed by atoms with Crippen LogP contribution in [0.25, 0.3) is 0 Å². The summed E-state index contributed by atoms with van der Waals surface area (Å²) >= 11 is 0. The molecule has 1 aromatic rings. The van der Waals surface area contributed by atoms with E-state index in [1.54, 1.807) is 7.11 Å². The molecule has 0 radical (unpaired) electrons. The molecular formula is C13H21ClN2O2. The highest BCUT2D eigenvalue weighted by Crippen LogP contribution is 2.21. The molecule has 18 heavy (non-hydrogen) atoms. The van der Waals surface area contributed by atoms with Gasteiger partial charge in [0.15, 0.2) is 0 Å². The van der Waals surface area contributed by atoms with Gasteiger partial charge in [0.1, 0.15) is 5.75 Å². The number of methoxy groups -OCH3 is 1. The normalized spacial score (nSPS) is 13.2. The number of halogens is 1. The van der Waals surface area contributed by atoms with Crippen LogP contribution in [-0.4, -0.2) is 19.1 Å². The molecule has 0 aromatic heterocycles. The predicted molar refractivity (Wildman–Crippen MR) is 76.4 cm³/mol. The number of amides is 1. The van der Waals surface area contributed by atoms with E-state index >= 15 is 0 Å². The molecule has 2 atom stereocenters. The van der Waals surface area contributed by atoms with Crippen molar-refractivity contribution in [2.45, 2.75) is 26.8 Å². The molecule has 2 unspecified atom stereocenters. The van der Waals surface area contributed by atoms with E-state index in [1.807, 2.05) is 39.0 Å². The average molecular weight is 273 g/mol. The molecule has 5 heteroatoms. The van der Waals surface area contributed by atoms with E-state index in [-0.39, 0.29) is 30.3 Å². The molecule has 0 aliphatic rings. The highest BCUT2D eigenvalue weighted by atomic mass is 35.5. The summed E-state index contributed by atoms with van der Waals surface area (Å²) in [6.45, 7) is 5.57. The Hall–Kier alpha value is -1.26. The molecule has 1 aromatic carbocycles. The van der Waals surface area contributed by atoms with E-state index in [2.05, 4.69) is 5.32 Å². The first-order valence-electron chi connectivity index (χ1n) is 5.66. The van der Waals surface area contributed by atoms with E-state index in [4.69, 9.17) is 10.5 Å². The largest absolute Gasteiger partial charge is 0.497 e. The second kappa shape index (κ2) is 7.24. The lowest BCUT2D eigenvalue weighted by atomic mass is 10.0. The predicted octanol–water partition coefficient (Wildman–Crippen LogP) is 2.35. The molecule has 0 saturated carbocycles. The van der Waals surface area contributed by atoms with Gasteiger partial charge in [-0.2, -0.15) is 0 Å². The number of hydrogen-bond acceptors (Lipinski definition) is 3. The SMILES string of the molecule is COc1ccc(NC(=O)C(C)C(C)N)c(C)c1.Cl. The first kappa shape index (κ1) is 16.7. The monoisotopic (exact) mass is 272 g/mol. The lowest BCUT2D eigenvalue weighted by Gasteiger charge is -2.16. The van der Waals surface area contributed by atoms with Crippen LogP contribution in [0.15, 0.2) is 18.2 Å². The van der Waals surface area contributed by atoms with Gasteiger partial charge < -0.3 is 15.8 Å². The van der Waals surface area contributed by atoms with Gasteiger partial charge in [-0.1, -0.05) is 6.92 Å². The second-order valence-corrected chi connectivity index (χ2v) is 4.32. The molecule has 0 spiro atoms. The zero-order valence-electron chi connectivity index (χ0n) is 11.2. The zero-order valence-corrected chi connectivity index (χ0v) is 12.0. The average Bonchev–Trinajstić information content (AvgIpc) is 2.30. The summed E-state index contributed by atoms with van der Waals surface area (Å²) in [5, 5.41) is 2.87. The van der Waals surface area contributed by atoms with Crippen LogP contribution >= 0.6 is 12.4 Å². The Kier molecular flexibility index (Phi) is 6.73. The molecule has 0 heterocycles. The van der Waals surface area contributed by atoms with Crippen molar-refractivity contribution >= 4 is 24.0 Å². The molecular weight excluding hydrogens is 252 g/mol. The third-order valence-electron chi connectivity index (χ3n) is 2.89. The third-order valence-corrected chi connectivity index (χ3v) is 2.89. The smallest absolute Gasteiger partial charge is 0.228 e. The van der Waals surface area contributed by atoms with E-state index < -0.39 is 0 Å². The first-order valence-corrected chi connectivity index (χ1v) is 5.66. The summed E-state index contributed by atoms with van der Waals surface area (Å²) in [5.74, 6) is 0.505. The van der Waals surface area contributed by atoms with Crippen molar-refractivity contribution in [3.63, 3.8) is 0 Å². The summed E-state index contributed by atoms with van der Waals surface area (Å²) in [6, 6.07) is 5.37. The van der Waals surface area contributed by atoms with Crippen molar-refractivity contribution in [2.24, 2.45) is 11.7 Å². The van der Waals surface area contributed by atoms with Crippen LogP contribution in [0.5, 0.6) is 5.75 Å². The van der Waals surface area contributed by atoms with Crippen LogP contribution < -0.4 is 15.8 Å². The van der Waals surface area contributed by atoms with E-state index in [0.717, 1.165) is 17.0 Å². The summed E-state index contributed by atoms with van der Waals surface area (Å²) in [5.41, 5.74) is 7.46. The molecule has 3 N–H and O–H groups in total. The summed E-state index contributed by atoms with van der Waals surface area (Å²) in [7, 11) is 1.62. The van der Waals surface area contributed by atoms with Crippen LogP contribution in [-0.2, 0) is 4.79 Å². The molecule has 4 nitrogen and oxygen atoms in total. The molecule has 0 aliphatic carbocycles. The van der Waals surface area contributed by atoms with Crippen LogP contribution in [0.4, 0.5) is 5.69 Å². The fourth-order valence-corrected chi connectivity index (χ4v) is 1.39. The van der Waals surface area contributed by atoms with Crippen LogP contribution in [0, 0.1) is 12.8 Å². The maximum absolute atomic E-state index is 11.8. The quantitative estimate of drug-likeness (QED) is 0.884. The van der Waals surface area contributed by atoms with Gasteiger partial charge >= 0.3 is 0 Å². The van der Waals surface area contributed by atoms with E-state index in [1.165, 1.54) is 0 Å². The number of carbonyl (C=O) groups excluding carboxylic acids is 1. The van der Waals surface area contributed by atoms with E-state index in [0.29, 0.717) is 0 Å². The number of anilines is 1. The van der Waals surface area contributed by atoms with Gasteiger partial charge in [-0.15, -0.1) is 12.4 Å². The maximum atomic E-state index is 11.8. The molecule has 0 saturated heterocycles. The number of aryl methyl sites for hydroxylation is 1. The Balaban J connectivity index is 0.00000289. The maximum Gasteiger partial charge on any atom is 0.228 e. The van der Waals surface area contributed by atoms with Gasteiger partial charge in [0.05, 0.1) is 13.0 Å². The molecule has 0 fully saturated rings. The summed E-state index contributed by atoms with van der Waals surface area (Å²) in [6.07, 6.45) is 0. The summed E-state index contributed by atoms with van der Waals surface area (Å²) in [4.78, 5) is 11.8. The summed E-state index contributed by atoms with van der Waals surface area (Å²) < 4.78 is 5.11. The highest BCUT2D eigenvalue weighted by molar-refractivity contribution is 5.93. The van der Waals surface area contributed by atoms with Crippen molar-refractivity contribution in [1.82, 2.24) is 0 Å². The number of nitrogens with two attached hydrogens (primary N) is 1. The van der Waals surface area contributed by atoms with Gasteiger partial charge in [-0.3, -0.25) is 4.79 Å². The van der Waals surface area contributed by atoms with Gasteiger partial charge in [-0.05, 0) is 37.6 Å². The lowest BCUT2D eigenvalue weighted by Crippen LogP contribution is -2.34. The minimum absolute atomic E-state index is 0. The molecule has 0 aliphatic heterocycles. The minimum Gasteiger partial charge on any atom is -0.497 e. The number of carbonyl (C=O) groups is 1. The van der Waals surface area contributed by atoms with Gasteiger partial charge in [-0.25, -0.2) is 0 Å². The number of benzene rings is 1. The van der Waals surface area contributed by atoms with Crippen molar-refractivity contribution in [1.29, 1.82) is 0 Å². The standard InChI is InChI=1S/C13H20N2O2.ClH/c1-8-7-11(17-4)5-6-12(8)15-13(16)9(2)10(3)14;/h5-7,9-10H,14H2,1-4H3,(H,15,16);1H. The minimum atomic E-state index is -0.212. The molecule has 1 amide bonds. The Morgan fingerprint density at radius 1 is 1.39 bits per heavy atom. The molecule has 102 valence electrons. The first-order chi connectivity index (χ1) is 7.95. The molecule has 0 bridgehead atoms. The number of ether oxygens (including phenoxy) is 1. The number of hydrogen-bond donors (Lipinski definition) is 2. The van der Waals surface area contributed by atoms with Crippen molar-refractivity contribution in [2.75, 3.05) is 12.4 Å². The molecule has 1 rings (SSSR count). The van der Waals surface area contributed by atoms with Crippen LogP contribution in [0.2, 0.25) is 0 Å². The third kappa shape index (κ3) is 4.20. The Morgan fingerprint density at radius 3 is 2.44 bits per heavy atom. The fraction of sp³-hybridized carbons (Fsp3) is 0.462. The van der Waals surface area contributed by atoms with Gasteiger partial charge in [0.2, 0.25) is 5.91 Å². The highest BCUT2D eigenvalue weighted by Gasteiger charge is 2.17. The van der Waals surface area contributed by atoms with Gasteiger partial charge in [0, 0.05) is 11.7 Å². The second-order valence-electron chi connectivity index (χ2n) is 4.32. The topological polar surface area (TPSA) is 64.3 Å². The Morgan fingerprint density at radius 2 is 2.00 bits per heavy atom. The van der Waals surface area contributed by atoms with Gasteiger partial charge in [0.25, 0.3) is 0 Å². The van der Waals surface area contributed by atoms with Crippen LogP contribution in [0.3, 0.4) is 0 Å². The Bertz CT molecular complexity index is 408. The Labute approximate surface area is 114 Å². The van der Waals surface area contributed by atoms with Crippen LogP contribution in [0.1, 0.15) is 19.4 Å². The van der Waals surface area contributed by atoms with E-state index in [9.17, 15) is 4.79 Å². The number of rotatable bonds is 4. The zero-order chi connectivity index (χ0) is 13.0. The van der Waals surface area contributed by atoms with Crippen molar-refractivity contribution < 1.29 is 9.53 Å². The lowest BCUT2D eigenvalue weighted by molar-refractivity contribution is -0.119. The fourth-order valence-electron chi connectivity index (χ4n) is 1.39. The number of nitrogens with one attached hydrogen (secondary N) is 1. The van der Waals surface area contributed by atoms with Crippen molar-refractivity contribution in [3.8, 4) is 5.75 Å².